The summed E-state index contributed by atoms with van der Waals surface area (Å²) in [5, 5.41) is 8.86. The van der Waals surface area contributed by atoms with E-state index < -0.39 is 37.7 Å². The van der Waals surface area contributed by atoms with E-state index in [2.05, 4.69) is 14.2 Å². The van der Waals surface area contributed by atoms with E-state index >= 15 is 0 Å². The summed E-state index contributed by atoms with van der Waals surface area (Å²) in [6.07, 6.45) is -6.07. The van der Waals surface area contributed by atoms with Crippen LogP contribution in [0.2, 0.25) is 0 Å². The van der Waals surface area contributed by atoms with E-state index in [0.29, 0.717) is 0 Å². The second kappa shape index (κ2) is 17.2. The fraction of sp³-hybridized carbons (Fsp3) is 0.588. The van der Waals surface area contributed by atoms with Crippen molar-refractivity contribution in [2.75, 3.05) is 19.0 Å². The van der Waals surface area contributed by atoms with Crippen molar-refractivity contribution in [3.63, 3.8) is 0 Å². The molecular formula is C17H26F5N2O6-. The van der Waals surface area contributed by atoms with Crippen LogP contribution < -0.4 is 19.3 Å². The standard InChI is InChI=1S/C10H14FN2O2.C5H8F2O3.C2H4FO.FH/c1-8(11)15-10(14)13-6-4-9(5-7-13)12(2)3;1-3(6)9-5(8)10-4(2)7;1-2(3)4;/h4-8H,1-3H3;3-4H,1-2H3;2H,1H3;1H/q+1;;-1;/p-1. The number of pyridine rings is 1. The summed E-state index contributed by atoms with van der Waals surface area (Å²) in [5.41, 5.74) is 0.951. The summed E-state index contributed by atoms with van der Waals surface area (Å²) in [7, 11) is 3.78. The molecule has 0 bridgehead atoms. The second-order valence-corrected chi connectivity index (χ2v) is 5.40. The normalized spacial score (nSPS) is 13.3. The number of hydrogen-bond acceptors (Lipinski definition) is 7. The van der Waals surface area contributed by atoms with E-state index in [-0.39, 0.29) is 4.70 Å². The van der Waals surface area contributed by atoms with Gasteiger partial charge in [0, 0.05) is 59.0 Å². The summed E-state index contributed by atoms with van der Waals surface area (Å²) in [5.74, 6) is 0. The fourth-order valence-electron chi connectivity index (χ4n) is 1.33. The van der Waals surface area contributed by atoms with Gasteiger partial charge < -0.3 is 28.9 Å². The molecule has 0 N–H and O–H groups in total. The van der Waals surface area contributed by atoms with Crippen molar-refractivity contribution in [1.82, 2.24) is 0 Å². The number of ether oxygens (including phenoxy) is 3. The molecule has 0 fully saturated rings. The molecule has 0 spiro atoms. The Bertz CT molecular complexity index is 572. The minimum atomic E-state index is -1.92. The van der Waals surface area contributed by atoms with Crippen LogP contribution in [0, 0.1) is 0 Å². The molecular weight excluding hydrogens is 423 g/mol. The average Bonchev–Trinajstić information content (AvgIpc) is 2.52. The van der Waals surface area contributed by atoms with Gasteiger partial charge in [-0.1, -0.05) is 4.57 Å². The van der Waals surface area contributed by atoms with E-state index in [4.69, 9.17) is 5.11 Å². The average molecular weight is 449 g/mol. The molecule has 1 aromatic rings. The van der Waals surface area contributed by atoms with Gasteiger partial charge in [0.05, 0.1) is 0 Å². The number of nitrogens with zero attached hydrogens (tertiary/aromatic N) is 2. The van der Waals surface area contributed by atoms with Crippen molar-refractivity contribution in [3.05, 3.63) is 24.5 Å². The monoisotopic (exact) mass is 449 g/mol. The Morgan fingerprint density at radius 1 is 0.900 bits per heavy atom. The van der Waals surface area contributed by atoms with Crippen molar-refractivity contribution in [1.29, 1.82) is 0 Å². The van der Waals surface area contributed by atoms with Crippen molar-refractivity contribution in [2.24, 2.45) is 0 Å². The Hall–Kier alpha value is -2.70. The molecule has 0 saturated carbocycles. The van der Waals surface area contributed by atoms with Gasteiger partial charge in [-0.2, -0.15) is 4.79 Å². The zero-order valence-electron chi connectivity index (χ0n) is 17.4. The Morgan fingerprint density at radius 2 is 1.23 bits per heavy atom. The van der Waals surface area contributed by atoms with Crippen molar-refractivity contribution in [2.45, 2.75) is 53.1 Å². The van der Waals surface area contributed by atoms with Gasteiger partial charge in [0.25, 0.3) is 0 Å². The van der Waals surface area contributed by atoms with Crippen LogP contribution >= 0.6 is 0 Å². The lowest BCUT2D eigenvalue weighted by Gasteiger charge is -2.09. The van der Waals surface area contributed by atoms with Gasteiger partial charge in [0.15, 0.2) is 12.4 Å². The first-order valence-electron chi connectivity index (χ1n) is 8.25. The molecule has 1 heterocycles. The topological polar surface area (TPSA) is 92.0 Å². The van der Waals surface area contributed by atoms with Crippen molar-refractivity contribution < 1.29 is 55.7 Å². The van der Waals surface area contributed by atoms with Gasteiger partial charge in [0.1, 0.15) is 0 Å². The SMILES string of the molecule is CC(F)OC(=O)OC(C)F.CC(F)OC(=O)[n+]1ccc(N(C)C)cc1.CC([O-])F.[F-]. The number of hydrogen-bond donors (Lipinski definition) is 0. The molecule has 8 nitrogen and oxygen atoms in total. The summed E-state index contributed by atoms with van der Waals surface area (Å²) in [4.78, 5) is 23.3. The minimum Gasteiger partial charge on any atom is -1.00 e. The van der Waals surface area contributed by atoms with Crippen LogP contribution in [-0.4, -0.2) is 51.8 Å². The van der Waals surface area contributed by atoms with Crippen LogP contribution in [0.5, 0.6) is 0 Å². The fourth-order valence-corrected chi connectivity index (χ4v) is 1.33. The van der Waals surface area contributed by atoms with Gasteiger partial charge in [-0.05, 0) is 6.92 Å². The van der Waals surface area contributed by atoms with Crippen LogP contribution in [0.15, 0.2) is 24.5 Å². The maximum absolute atomic E-state index is 12.4. The third kappa shape index (κ3) is 20.0. The molecule has 176 valence electrons. The summed E-state index contributed by atoms with van der Waals surface area (Å²) in [6.45, 7) is 4.08. The van der Waals surface area contributed by atoms with Crippen molar-refractivity contribution in [3.8, 4) is 0 Å². The Labute approximate surface area is 171 Å². The summed E-state index contributed by atoms with van der Waals surface area (Å²) < 4.78 is 59.5. The van der Waals surface area contributed by atoms with Crippen LogP contribution in [0.4, 0.5) is 32.8 Å². The number of halogens is 5. The summed E-state index contributed by atoms with van der Waals surface area (Å²) in [6, 6.07) is 3.48. The highest BCUT2D eigenvalue weighted by molar-refractivity contribution is 5.60. The van der Waals surface area contributed by atoms with Crippen LogP contribution in [0.25, 0.3) is 0 Å². The first-order chi connectivity index (χ1) is 13.3. The Balaban J connectivity index is -0.000000423. The molecule has 0 saturated heterocycles. The first kappa shape index (κ1) is 32.0. The number of anilines is 1. The van der Waals surface area contributed by atoms with Gasteiger partial charge in [-0.3, -0.25) is 4.39 Å². The van der Waals surface area contributed by atoms with E-state index in [1.54, 1.807) is 12.1 Å². The number of rotatable bonds is 4. The van der Waals surface area contributed by atoms with E-state index in [1.165, 1.54) is 17.0 Å². The second-order valence-electron chi connectivity index (χ2n) is 5.40. The predicted octanol–water partition coefficient (Wildman–Crippen LogP) is -0.223. The number of aromatic nitrogens is 1. The molecule has 30 heavy (non-hydrogen) atoms. The molecule has 0 amide bonds. The highest BCUT2D eigenvalue weighted by Gasteiger charge is 2.18. The van der Waals surface area contributed by atoms with E-state index in [9.17, 15) is 27.2 Å². The molecule has 4 atom stereocenters. The molecule has 0 aromatic carbocycles. The van der Waals surface area contributed by atoms with Gasteiger partial charge in [0.2, 0.25) is 19.1 Å². The molecule has 0 aliphatic rings. The maximum Gasteiger partial charge on any atom is 0.604 e. The lowest BCUT2D eigenvalue weighted by molar-refractivity contribution is -0.588. The molecule has 1 aromatic heterocycles. The van der Waals surface area contributed by atoms with Gasteiger partial charge in [-0.15, -0.1) is 0 Å². The molecule has 0 aliphatic carbocycles. The zero-order valence-corrected chi connectivity index (χ0v) is 17.4. The predicted molar refractivity (Wildman–Crippen MR) is 92.7 cm³/mol. The number of carbonyl (C=O) groups is 2. The molecule has 4 unspecified atom stereocenters. The lowest BCUT2D eigenvalue weighted by atomic mass is 10.4. The third-order valence-electron chi connectivity index (χ3n) is 2.32. The lowest BCUT2D eigenvalue weighted by Crippen LogP contribution is -3.00. The maximum atomic E-state index is 12.4. The number of carbonyl (C=O) groups excluding carboxylic acids is 2. The molecule has 13 heteroatoms. The Kier molecular flexibility index (Phi) is 18.3. The first-order valence-corrected chi connectivity index (χ1v) is 8.25. The minimum absolute atomic E-state index is 0. The van der Waals surface area contributed by atoms with E-state index in [1.807, 2.05) is 19.0 Å². The third-order valence-corrected chi connectivity index (χ3v) is 2.32. The van der Waals surface area contributed by atoms with Crippen LogP contribution in [-0.2, 0) is 14.2 Å². The largest absolute Gasteiger partial charge is 1.00 e. The smallest absolute Gasteiger partial charge is 0.604 e. The molecule has 0 radical (unpaired) electrons. The summed E-state index contributed by atoms with van der Waals surface area (Å²) >= 11 is 0. The zero-order chi connectivity index (χ0) is 23.1. The molecule has 1 rings (SSSR count). The van der Waals surface area contributed by atoms with Gasteiger partial charge in [-0.25, -0.2) is 18.0 Å². The Morgan fingerprint density at radius 3 is 1.50 bits per heavy atom. The van der Waals surface area contributed by atoms with E-state index in [0.717, 1.165) is 33.4 Å². The van der Waals surface area contributed by atoms with Crippen molar-refractivity contribution >= 4 is 17.9 Å². The highest BCUT2D eigenvalue weighted by Crippen LogP contribution is 2.06. The highest BCUT2D eigenvalue weighted by atomic mass is 19.2. The van der Waals surface area contributed by atoms with Gasteiger partial charge >= 0.3 is 12.2 Å². The van der Waals surface area contributed by atoms with Crippen LogP contribution in [0.3, 0.4) is 0 Å². The quantitative estimate of drug-likeness (QED) is 0.357. The number of alkyl halides is 4. The molecule has 0 aliphatic heterocycles. The van der Waals surface area contributed by atoms with Crippen LogP contribution in [0.1, 0.15) is 27.7 Å².